The van der Waals surface area contributed by atoms with Crippen LogP contribution in [0.2, 0.25) is 0 Å². The average molecular weight is 784 g/mol. The average Bonchev–Trinajstić information content (AvgIpc) is 3.90. The molecule has 0 atom stereocenters. The third kappa shape index (κ3) is 5.86. The predicted molar refractivity (Wildman–Crippen MR) is 250 cm³/mol. The largest absolute Gasteiger partial charge is 0.456 e. The molecule has 12 rings (SSSR count). The molecular formula is C55H33N3OS. The Morgan fingerprint density at radius 2 is 0.833 bits per heavy atom. The maximum absolute atomic E-state index is 6.34. The number of para-hydroxylation sites is 1. The first kappa shape index (κ1) is 34.3. The molecule has 280 valence electrons. The van der Waals surface area contributed by atoms with Gasteiger partial charge in [0.15, 0.2) is 17.5 Å². The highest BCUT2D eigenvalue weighted by Gasteiger charge is 2.19. The van der Waals surface area contributed by atoms with Gasteiger partial charge in [0.1, 0.15) is 11.2 Å². The highest BCUT2D eigenvalue weighted by atomic mass is 32.1. The Bertz CT molecular complexity index is 3610. The van der Waals surface area contributed by atoms with E-state index in [0.717, 1.165) is 66.1 Å². The van der Waals surface area contributed by atoms with Crippen LogP contribution in [-0.4, -0.2) is 15.0 Å². The van der Waals surface area contributed by atoms with E-state index in [0.29, 0.717) is 17.5 Å². The number of aromatic nitrogens is 3. The van der Waals surface area contributed by atoms with Crippen LogP contribution in [0.4, 0.5) is 0 Å². The zero-order chi connectivity index (χ0) is 39.6. The molecule has 0 unspecified atom stereocenters. The summed E-state index contributed by atoms with van der Waals surface area (Å²) >= 11 is 1.86. The van der Waals surface area contributed by atoms with Crippen molar-refractivity contribution in [2.45, 2.75) is 0 Å². The molecule has 60 heavy (non-hydrogen) atoms. The summed E-state index contributed by atoms with van der Waals surface area (Å²) in [5.41, 5.74) is 11.3. The van der Waals surface area contributed by atoms with Gasteiger partial charge in [0, 0.05) is 47.6 Å². The summed E-state index contributed by atoms with van der Waals surface area (Å²) in [6.07, 6.45) is 0. The Morgan fingerprint density at radius 1 is 0.300 bits per heavy atom. The number of nitrogens with zero attached hydrogens (tertiary/aromatic N) is 3. The molecule has 0 N–H and O–H groups in total. The summed E-state index contributed by atoms with van der Waals surface area (Å²) in [5, 5.41) is 6.95. The van der Waals surface area contributed by atoms with E-state index >= 15 is 0 Å². The van der Waals surface area contributed by atoms with Gasteiger partial charge in [-0.25, -0.2) is 15.0 Å². The highest BCUT2D eigenvalue weighted by molar-refractivity contribution is 7.26. The monoisotopic (exact) mass is 783 g/mol. The fourth-order valence-electron chi connectivity index (χ4n) is 8.56. The van der Waals surface area contributed by atoms with Crippen molar-refractivity contribution in [3.05, 3.63) is 200 Å². The minimum absolute atomic E-state index is 0.581. The van der Waals surface area contributed by atoms with Crippen molar-refractivity contribution in [3.8, 4) is 67.5 Å². The third-order valence-electron chi connectivity index (χ3n) is 11.5. The van der Waals surface area contributed by atoms with Crippen molar-refractivity contribution in [1.82, 2.24) is 15.0 Å². The van der Waals surface area contributed by atoms with Gasteiger partial charge in [-0.05, 0) is 86.6 Å². The number of thiophene rings is 1. The number of hydrogen-bond acceptors (Lipinski definition) is 5. The van der Waals surface area contributed by atoms with Gasteiger partial charge in [-0.1, -0.05) is 158 Å². The molecule has 3 heterocycles. The predicted octanol–water partition coefficient (Wildman–Crippen LogP) is 15.3. The van der Waals surface area contributed by atoms with E-state index < -0.39 is 0 Å². The molecule has 12 aromatic rings. The minimum Gasteiger partial charge on any atom is -0.456 e. The van der Waals surface area contributed by atoms with E-state index in [1.165, 1.54) is 36.9 Å². The number of furan rings is 1. The molecule has 3 aromatic heterocycles. The Morgan fingerprint density at radius 3 is 1.58 bits per heavy atom. The molecule has 0 aliphatic rings. The fraction of sp³-hybridized carbons (Fsp3) is 0. The third-order valence-corrected chi connectivity index (χ3v) is 12.8. The first-order valence-electron chi connectivity index (χ1n) is 20.1. The Kier molecular flexibility index (Phi) is 8.00. The normalized spacial score (nSPS) is 11.7. The van der Waals surface area contributed by atoms with Gasteiger partial charge in [0.05, 0.1) is 0 Å². The smallest absolute Gasteiger partial charge is 0.164 e. The van der Waals surface area contributed by atoms with E-state index in [1.807, 2.05) is 29.5 Å². The molecule has 0 saturated carbocycles. The van der Waals surface area contributed by atoms with Crippen molar-refractivity contribution in [1.29, 1.82) is 0 Å². The summed E-state index contributed by atoms with van der Waals surface area (Å²) in [7, 11) is 0. The van der Waals surface area contributed by atoms with E-state index in [-0.39, 0.29) is 0 Å². The molecule has 0 amide bonds. The van der Waals surface area contributed by atoms with Crippen LogP contribution in [0, 0.1) is 0 Å². The number of benzene rings is 9. The van der Waals surface area contributed by atoms with Gasteiger partial charge in [0.2, 0.25) is 0 Å². The van der Waals surface area contributed by atoms with Crippen LogP contribution in [0.3, 0.4) is 0 Å². The summed E-state index contributed by atoms with van der Waals surface area (Å²) in [4.78, 5) is 15.7. The molecule has 0 saturated heterocycles. The molecule has 4 nitrogen and oxygen atoms in total. The fourth-order valence-corrected chi connectivity index (χ4v) is 9.93. The van der Waals surface area contributed by atoms with E-state index in [2.05, 4.69) is 182 Å². The van der Waals surface area contributed by atoms with Crippen molar-refractivity contribution in [2.75, 3.05) is 0 Å². The van der Waals surface area contributed by atoms with Crippen LogP contribution in [0.25, 0.3) is 120 Å². The van der Waals surface area contributed by atoms with Gasteiger partial charge < -0.3 is 4.42 Å². The van der Waals surface area contributed by atoms with Gasteiger partial charge in [-0.15, -0.1) is 11.3 Å². The zero-order valence-electron chi connectivity index (χ0n) is 32.2. The minimum atomic E-state index is 0.581. The lowest BCUT2D eigenvalue weighted by Crippen LogP contribution is -2.00. The lowest BCUT2D eigenvalue weighted by Gasteiger charge is -2.13. The number of fused-ring (bicyclic) bond motifs is 7. The molecule has 0 aliphatic carbocycles. The second-order valence-electron chi connectivity index (χ2n) is 15.2. The Balaban J connectivity index is 1.08. The SMILES string of the molecule is c1ccc(-c2cc(-c3nc(-c4ccc5ccccc5c4)nc(-c4ccc5c(c4)oc4ccccc45)n3)cc(-c3cccc4c3sc3c(-c5ccccc5)cccc34)c2)cc1. The molecule has 5 heteroatoms. The topological polar surface area (TPSA) is 51.8 Å². The molecule has 0 spiro atoms. The van der Waals surface area contributed by atoms with Gasteiger partial charge in [-0.3, -0.25) is 0 Å². The van der Waals surface area contributed by atoms with Crippen LogP contribution >= 0.6 is 11.3 Å². The molecular weight excluding hydrogens is 751 g/mol. The van der Waals surface area contributed by atoms with Crippen LogP contribution < -0.4 is 0 Å². The van der Waals surface area contributed by atoms with Crippen molar-refractivity contribution >= 4 is 64.2 Å². The maximum atomic E-state index is 6.34. The van der Waals surface area contributed by atoms with Crippen LogP contribution in [-0.2, 0) is 0 Å². The van der Waals surface area contributed by atoms with Crippen molar-refractivity contribution in [2.24, 2.45) is 0 Å². The molecule has 0 fully saturated rings. The highest BCUT2D eigenvalue weighted by Crippen LogP contribution is 2.45. The Hall–Kier alpha value is -7.73. The van der Waals surface area contributed by atoms with Crippen molar-refractivity contribution < 1.29 is 4.42 Å². The summed E-state index contributed by atoms with van der Waals surface area (Å²) in [5.74, 6) is 1.79. The van der Waals surface area contributed by atoms with Crippen LogP contribution in [0.15, 0.2) is 205 Å². The van der Waals surface area contributed by atoms with Crippen LogP contribution in [0.1, 0.15) is 0 Å². The lowest BCUT2D eigenvalue weighted by molar-refractivity contribution is 0.669. The second kappa shape index (κ2) is 14.0. The first-order chi connectivity index (χ1) is 29.7. The van der Waals surface area contributed by atoms with E-state index in [4.69, 9.17) is 19.4 Å². The summed E-state index contributed by atoms with van der Waals surface area (Å²) < 4.78 is 8.88. The summed E-state index contributed by atoms with van der Waals surface area (Å²) in [6.45, 7) is 0. The lowest BCUT2D eigenvalue weighted by atomic mass is 9.94. The van der Waals surface area contributed by atoms with E-state index in [1.54, 1.807) is 0 Å². The summed E-state index contributed by atoms with van der Waals surface area (Å²) in [6, 6.07) is 70.5. The number of hydrogen-bond donors (Lipinski definition) is 0. The molecule has 0 bridgehead atoms. The Labute approximate surface area is 349 Å². The van der Waals surface area contributed by atoms with Gasteiger partial charge >= 0.3 is 0 Å². The molecule has 9 aromatic carbocycles. The molecule has 0 radical (unpaired) electrons. The maximum Gasteiger partial charge on any atom is 0.164 e. The van der Waals surface area contributed by atoms with Crippen LogP contribution in [0.5, 0.6) is 0 Å². The first-order valence-corrected chi connectivity index (χ1v) is 20.9. The second-order valence-corrected chi connectivity index (χ2v) is 16.2. The zero-order valence-corrected chi connectivity index (χ0v) is 33.0. The quantitative estimate of drug-likeness (QED) is 0.169. The van der Waals surface area contributed by atoms with E-state index in [9.17, 15) is 0 Å². The number of rotatable bonds is 6. The molecule has 0 aliphatic heterocycles. The van der Waals surface area contributed by atoms with Gasteiger partial charge in [0.25, 0.3) is 0 Å². The van der Waals surface area contributed by atoms with Crippen molar-refractivity contribution in [3.63, 3.8) is 0 Å². The van der Waals surface area contributed by atoms with Gasteiger partial charge in [-0.2, -0.15) is 0 Å². The standard InChI is InChI=1S/C55H33N3OS/c1-3-13-34(14-4-1)40-30-41(44-21-12-23-48-47-22-11-20-43(51(47)60-52(44)48)36-16-5-2-6-17-36)32-42(31-40)55-57-53(38-26-25-35-15-7-8-18-37(35)29-38)56-54(58-55)39-27-28-46-45-19-9-10-24-49(45)59-50(46)33-39/h1-33H.